The highest BCUT2D eigenvalue weighted by Crippen LogP contribution is 2.29. The number of carbonyl (C=O) groups excluding carboxylic acids is 1. The zero-order chi connectivity index (χ0) is 17.9. The lowest BCUT2D eigenvalue weighted by Crippen LogP contribution is -2.29. The number of nitrogens with zero attached hydrogens (tertiary/aromatic N) is 4. The Labute approximate surface area is 150 Å². The van der Waals surface area contributed by atoms with Crippen molar-refractivity contribution in [3.63, 3.8) is 0 Å². The number of benzene rings is 1. The Morgan fingerprint density at radius 1 is 1.15 bits per heavy atom. The molecule has 2 aromatic heterocycles. The minimum Gasteiger partial charge on any atom is -0.309 e. The highest BCUT2D eigenvalue weighted by Gasteiger charge is 2.19. The number of amides is 1. The van der Waals surface area contributed by atoms with E-state index in [9.17, 15) is 9.59 Å². The molecule has 2 heterocycles. The molecule has 0 saturated heterocycles. The molecule has 0 spiro atoms. The number of rotatable bonds is 4. The van der Waals surface area contributed by atoms with Crippen LogP contribution in [0, 0.1) is 0 Å². The average Bonchev–Trinajstić information content (AvgIpc) is 3.13. The van der Waals surface area contributed by atoms with Gasteiger partial charge in [0.25, 0.3) is 5.56 Å². The van der Waals surface area contributed by atoms with E-state index < -0.39 is 0 Å². The van der Waals surface area contributed by atoms with Crippen LogP contribution in [0.2, 0.25) is 0 Å². The maximum absolute atomic E-state index is 12.6. The predicted octanol–water partition coefficient (Wildman–Crippen LogP) is 2.74. The Kier molecular flexibility index (Phi) is 4.51. The van der Waals surface area contributed by atoms with Crippen LogP contribution < -0.4 is 10.9 Å². The second kappa shape index (κ2) is 7.11. The van der Waals surface area contributed by atoms with E-state index in [2.05, 4.69) is 15.4 Å². The number of nitrogens with one attached hydrogen (secondary N) is 1. The number of aromatic nitrogens is 4. The zero-order valence-electron chi connectivity index (χ0n) is 14.5. The standard InChI is InChI=1S/C19H21N5O2/c25-18(13-23-16-9-5-4-8-15(16)20-12-19(23)26)22-17-10-11-21-24(17)14-6-2-1-3-7-14/h4-5,8-12,14H,1-3,6-7,13H2,(H,22,25). The first-order chi connectivity index (χ1) is 12.7. The van der Waals surface area contributed by atoms with Gasteiger partial charge in [0.15, 0.2) is 0 Å². The molecule has 1 amide bonds. The highest BCUT2D eigenvalue weighted by atomic mass is 16.2. The summed E-state index contributed by atoms with van der Waals surface area (Å²) < 4.78 is 3.35. The number of para-hydroxylation sites is 2. The Morgan fingerprint density at radius 3 is 2.81 bits per heavy atom. The highest BCUT2D eigenvalue weighted by molar-refractivity contribution is 5.90. The Bertz CT molecular complexity index is 985. The van der Waals surface area contributed by atoms with Crippen molar-refractivity contribution in [3.05, 3.63) is 53.1 Å². The summed E-state index contributed by atoms with van der Waals surface area (Å²) in [5.41, 5.74) is 1.04. The predicted molar refractivity (Wildman–Crippen MR) is 99.0 cm³/mol. The maximum Gasteiger partial charge on any atom is 0.269 e. The summed E-state index contributed by atoms with van der Waals surface area (Å²) in [4.78, 5) is 28.9. The minimum absolute atomic E-state index is 0.0578. The summed E-state index contributed by atoms with van der Waals surface area (Å²) in [6, 6.07) is 9.44. The van der Waals surface area contributed by atoms with Crippen molar-refractivity contribution >= 4 is 22.8 Å². The quantitative estimate of drug-likeness (QED) is 0.783. The van der Waals surface area contributed by atoms with Crippen LogP contribution in [-0.2, 0) is 11.3 Å². The van der Waals surface area contributed by atoms with E-state index in [1.807, 2.05) is 22.9 Å². The summed E-state index contributed by atoms with van der Waals surface area (Å²) in [6.45, 7) is -0.0578. The second-order valence-corrected chi connectivity index (χ2v) is 6.67. The summed E-state index contributed by atoms with van der Waals surface area (Å²) in [5.74, 6) is 0.439. The van der Waals surface area contributed by atoms with Gasteiger partial charge >= 0.3 is 0 Å². The van der Waals surface area contributed by atoms with Gasteiger partial charge in [0.05, 0.1) is 29.5 Å². The molecule has 0 bridgehead atoms. The van der Waals surface area contributed by atoms with E-state index >= 15 is 0 Å². The fourth-order valence-electron chi connectivity index (χ4n) is 3.63. The van der Waals surface area contributed by atoms with Crippen molar-refractivity contribution in [3.8, 4) is 0 Å². The first-order valence-electron chi connectivity index (χ1n) is 9.00. The van der Waals surface area contributed by atoms with Gasteiger partial charge in [0.2, 0.25) is 5.91 Å². The molecule has 134 valence electrons. The Balaban J connectivity index is 1.55. The molecule has 1 aliphatic rings. The molecule has 1 saturated carbocycles. The Hall–Kier alpha value is -2.96. The molecule has 0 unspecified atom stereocenters. The molecule has 1 N–H and O–H groups in total. The van der Waals surface area contributed by atoms with Gasteiger partial charge < -0.3 is 5.32 Å². The third kappa shape index (κ3) is 3.24. The van der Waals surface area contributed by atoms with Crippen molar-refractivity contribution in [1.29, 1.82) is 0 Å². The molecular formula is C19H21N5O2. The molecule has 26 heavy (non-hydrogen) atoms. The number of fused-ring (bicyclic) bond motifs is 1. The van der Waals surface area contributed by atoms with Crippen LogP contribution in [0.1, 0.15) is 38.1 Å². The van der Waals surface area contributed by atoms with Gasteiger partial charge in [-0.3, -0.25) is 14.2 Å². The molecule has 1 aromatic carbocycles. The molecule has 1 aliphatic carbocycles. The summed E-state index contributed by atoms with van der Waals surface area (Å²) in [7, 11) is 0. The van der Waals surface area contributed by atoms with Crippen LogP contribution in [0.5, 0.6) is 0 Å². The van der Waals surface area contributed by atoms with Crippen molar-refractivity contribution in [2.24, 2.45) is 0 Å². The summed E-state index contributed by atoms with van der Waals surface area (Å²) in [5, 5.41) is 7.30. The smallest absolute Gasteiger partial charge is 0.269 e. The monoisotopic (exact) mass is 351 g/mol. The molecular weight excluding hydrogens is 330 g/mol. The average molecular weight is 351 g/mol. The molecule has 7 nitrogen and oxygen atoms in total. The van der Waals surface area contributed by atoms with Gasteiger partial charge in [-0.15, -0.1) is 0 Å². The third-order valence-corrected chi connectivity index (χ3v) is 4.91. The first-order valence-corrected chi connectivity index (χ1v) is 9.00. The molecule has 3 aromatic rings. The Morgan fingerprint density at radius 2 is 1.96 bits per heavy atom. The molecule has 1 fully saturated rings. The number of hydrogen-bond donors (Lipinski definition) is 1. The first kappa shape index (κ1) is 16.5. The van der Waals surface area contributed by atoms with Crippen LogP contribution >= 0.6 is 0 Å². The van der Waals surface area contributed by atoms with E-state index in [-0.39, 0.29) is 18.0 Å². The van der Waals surface area contributed by atoms with E-state index in [1.54, 1.807) is 18.3 Å². The van der Waals surface area contributed by atoms with Crippen molar-refractivity contribution in [1.82, 2.24) is 19.3 Å². The summed E-state index contributed by atoms with van der Waals surface area (Å²) >= 11 is 0. The SMILES string of the molecule is O=C(Cn1c(=O)cnc2ccccc21)Nc1ccnn1C1CCCCC1. The largest absolute Gasteiger partial charge is 0.309 e. The lowest BCUT2D eigenvalue weighted by atomic mass is 9.96. The molecule has 7 heteroatoms. The van der Waals surface area contributed by atoms with Crippen LogP contribution in [0.4, 0.5) is 5.82 Å². The van der Waals surface area contributed by atoms with Gasteiger partial charge in [-0.1, -0.05) is 31.4 Å². The number of carbonyl (C=O) groups is 1. The second-order valence-electron chi connectivity index (χ2n) is 6.67. The van der Waals surface area contributed by atoms with Gasteiger partial charge in [-0.05, 0) is 25.0 Å². The number of hydrogen-bond acceptors (Lipinski definition) is 4. The van der Waals surface area contributed by atoms with Gasteiger partial charge in [-0.25, -0.2) is 9.67 Å². The maximum atomic E-state index is 12.6. The minimum atomic E-state index is -0.292. The van der Waals surface area contributed by atoms with E-state index in [1.165, 1.54) is 30.0 Å². The third-order valence-electron chi connectivity index (χ3n) is 4.91. The van der Waals surface area contributed by atoms with E-state index in [0.717, 1.165) is 12.8 Å². The lowest BCUT2D eigenvalue weighted by Gasteiger charge is -2.24. The normalized spacial score (nSPS) is 15.2. The van der Waals surface area contributed by atoms with E-state index in [0.29, 0.717) is 22.9 Å². The fraction of sp³-hybridized carbons (Fsp3) is 0.368. The van der Waals surface area contributed by atoms with Crippen LogP contribution in [0.25, 0.3) is 11.0 Å². The van der Waals surface area contributed by atoms with Crippen molar-refractivity contribution in [2.75, 3.05) is 5.32 Å². The molecule has 0 atom stereocenters. The number of anilines is 1. The lowest BCUT2D eigenvalue weighted by molar-refractivity contribution is -0.116. The van der Waals surface area contributed by atoms with Gasteiger partial charge in [-0.2, -0.15) is 5.10 Å². The molecule has 0 radical (unpaired) electrons. The molecule has 4 rings (SSSR count). The van der Waals surface area contributed by atoms with Crippen molar-refractivity contribution in [2.45, 2.75) is 44.7 Å². The topological polar surface area (TPSA) is 81.8 Å². The van der Waals surface area contributed by atoms with Gasteiger partial charge in [0, 0.05) is 6.07 Å². The van der Waals surface area contributed by atoms with Crippen LogP contribution in [-0.4, -0.2) is 25.2 Å². The van der Waals surface area contributed by atoms with Crippen LogP contribution in [0.15, 0.2) is 47.5 Å². The van der Waals surface area contributed by atoms with Crippen LogP contribution in [0.3, 0.4) is 0 Å². The zero-order valence-corrected chi connectivity index (χ0v) is 14.5. The van der Waals surface area contributed by atoms with Crippen molar-refractivity contribution < 1.29 is 4.79 Å². The molecule has 0 aliphatic heterocycles. The summed E-state index contributed by atoms with van der Waals surface area (Å²) in [6.07, 6.45) is 8.77. The van der Waals surface area contributed by atoms with Gasteiger partial charge in [0.1, 0.15) is 12.4 Å². The fourth-order valence-corrected chi connectivity index (χ4v) is 3.63. The van der Waals surface area contributed by atoms with E-state index in [4.69, 9.17) is 0 Å².